The average molecular weight is 287 g/mol. The Morgan fingerprint density at radius 3 is 2.90 bits per heavy atom. The zero-order chi connectivity index (χ0) is 14.1. The van der Waals surface area contributed by atoms with E-state index in [9.17, 15) is 0 Å². The number of hydrogen-bond donors (Lipinski definition) is 1. The summed E-state index contributed by atoms with van der Waals surface area (Å²) in [6.45, 7) is 3.28. The molecule has 0 aliphatic rings. The lowest BCUT2D eigenvalue weighted by molar-refractivity contribution is 0.729. The third-order valence-corrected chi connectivity index (χ3v) is 3.39. The average Bonchev–Trinajstić information content (AvgIpc) is 2.77. The van der Waals surface area contributed by atoms with Crippen LogP contribution in [-0.2, 0) is 6.54 Å². The molecule has 0 unspecified atom stereocenters. The maximum atomic E-state index is 5.99. The van der Waals surface area contributed by atoms with Gasteiger partial charge in [0.2, 0.25) is 0 Å². The maximum absolute atomic E-state index is 5.99. The molecule has 5 heteroatoms. The highest BCUT2D eigenvalue weighted by Gasteiger charge is 2.13. The predicted molar refractivity (Wildman–Crippen MR) is 81.8 cm³/mol. The largest absolute Gasteiger partial charge is 0.329 e. The summed E-state index contributed by atoms with van der Waals surface area (Å²) in [5, 5.41) is 0.589. The van der Waals surface area contributed by atoms with Gasteiger partial charge in [0, 0.05) is 24.8 Å². The van der Waals surface area contributed by atoms with E-state index in [-0.39, 0.29) is 0 Å². The van der Waals surface area contributed by atoms with Gasteiger partial charge in [0.1, 0.15) is 11.3 Å². The van der Waals surface area contributed by atoms with E-state index < -0.39 is 0 Å². The summed E-state index contributed by atoms with van der Waals surface area (Å²) in [7, 11) is 0. The van der Waals surface area contributed by atoms with Crippen LogP contribution in [0.15, 0.2) is 36.5 Å². The van der Waals surface area contributed by atoms with E-state index in [1.165, 1.54) is 5.56 Å². The smallest absolute Gasteiger partial charge is 0.160 e. The molecule has 0 aliphatic carbocycles. The van der Waals surface area contributed by atoms with Gasteiger partial charge < -0.3 is 10.3 Å². The van der Waals surface area contributed by atoms with Crippen LogP contribution < -0.4 is 5.73 Å². The summed E-state index contributed by atoms with van der Waals surface area (Å²) in [5.74, 6) is 0.879. The quantitative estimate of drug-likeness (QED) is 0.805. The van der Waals surface area contributed by atoms with Crippen molar-refractivity contribution in [2.24, 2.45) is 5.73 Å². The number of nitrogens with two attached hydrogens (primary N) is 1. The monoisotopic (exact) mass is 286 g/mol. The van der Waals surface area contributed by atoms with Crippen LogP contribution in [0.1, 0.15) is 5.56 Å². The topological polar surface area (TPSA) is 56.7 Å². The molecule has 20 heavy (non-hydrogen) atoms. The highest BCUT2D eigenvalue weighted by atomic mass is 35.5. The van der Waals surface area contributed by atoms with Crippen molar-refractivity contribution >= 4 is 22.8 Å². The first-order valence-corrected chi connectivity index (χ1v) is 6.86. The van der Waals surface area contributed by atoms with Gasteiger partial charge in [0.05, 0.1) is 5.02 Å². The van der Waals surface area contributed by atoms with Crippen molar-refractivity contribution in [3.63, 3.8) is 0 Å². The highest BCUT2D eigenvalue weighted by molar-refractivity contribution is 6.31. The Hall–Kier alpha value is -1.91. The zero-order valence-electron chi connectivity index (χ0n) is 11.2. The number of aryl methyl sites for hydroxylation is 1. The van der Waals surface area contributed by atoms with Gasteiger partial charge in [-0.1, -0.05) is 35.4 Å². The van der Waals surface area contributed by atoms with Crippen molar-refractivity contribution in [3.05, 3.63) is 47.1 Å². The molecular weight excluding hydrogens is 272 g/mol. The summed E-state index contributed by atoms with van der Waals surface area (Å²) in [6, 6.07) is 10.1. The molecule has 0 bridgehead atoms. The Bertz CT molecular complexity index is 764. The van der Waals surface area contributed by atoms with Gasteiger partial charge in [-0.05, 0) is 19.1 Å². The van der Waals surface area contributed by atoms with Crippen LogP contribution in [0.4, 0.5) is 0 Å². The first-order chi connectivity index (χ1) is 9.69. The summed E-state index contributed by atoms with van der Waals surface area (Å²) in [6.07, 6.45) is 1.64. The van der Waals surface area contributed by atoms with Gasteiger partial charge in [-0.2, -0.15) is 0 Å². The fraction of sp³-hybridized carbons (Fsp3) is 0.200. The zero-order valence-corrected chi connectivity index (χ0v) is 11.9. The highest BCUT2D eigenvalue weighted by Crippen LogP contribution is 2.25. The number of nitrogens with zero attached hydrogens (tertiary/aromatic N) is 3. The number of halogens is 1. The summed E-state index contributed by atoms with van der Waals surface area (Å²) < 4.78 is 2.04. The van der Waals surface area contributed by atoms with Crippen molar-refractivity contribution in [1.29, 1.82) is 0 Å². The Kier molecular flexibility index (Phi) is 3.42. The summed E-state index contributed by atoms with van der Waals surface area (Å²) in [4.78, 5) is 9.04. The van der Waals surface area contributed by atoms with Gasteiger partial charge in [0.25, 0.3) is 0 Å². The Labute approximate surface area is 122 Å². The third kappa shape index (κ3) is 2.28. The van der Waals surface area contributed by atoms with Gasteiger partial charge >= 0.3 is 0 Å². The molecule has 0 spiro atoms. The number of imidazole rings is 1. The van der Waals surface area contributed by atoms with Crippen LogP contribution in [0.5, 0.6) is 0 Å². The van der Waals surface area contributed by atoms with Crippen LogP contribution >= 0.6 is 11.6 Å². The van der Waals surface area contributed by atoms with E-state index >= 15 is 0 Å². The molecule has 1 aromatic carbocycles. The number of hydrogen-bond acceptors (Lipinski definition) is 3. The predicted octanol–water partition coefficient (Wildman–Crippen LogP) is 3.02. The third-order valence-electron chi connectivity index (χ3n) is 3.18. The molecule has 0 amide bonds. The fourth-order valence-electron chi connectivity index (χ4n) is 2.33. The summed E-state index contributed by atoms with van der Waals surface area (Å²) in [5.41, 5.74) is 9.58. The number of rotatable bonds is 3. The van der Waals surface area contributed by atoms with Gasteiger partial charge in [-0.25, -0.2) is 9.97 Å². The van der Waals surface area contributed by atoms with E-state index in [0.29, 0.717) is 18.1 Å². The standard InChI is InChI=1S/C15H15ClN4/c1-10-3-2-4-11(7-10)14-19-13-8-12(16)9-18-15(13)20(14)6-5-17/h2-4,7-9H,5-6,17H2,1H3. The van der Waals surface area contributed by atoms with Crippen LogP contribution in [0.2, 0.25) is 5.02 Å². The molecule has 0 aliphatic heterocycles. The molecule has 3 aromatic rings. The second kappa shape index (κ2) is 5.23. The van der Waals surface area contributed by atoms with Gasteiger partial charge in [0.15, 0.2) is 5.65 Å². The lowest BCUT2D eigenvalue weighted by atomic mass is 10.1. The number of fused-ring (bicyclic) bond motifs is 1. The van der Waals surface area contributed by atoms with Crippen molar-refractivity contribution in [3.8, 4) is 11.4 Å². The van der Waals surface area contributed by atoms with Crippen LogP contribution in [0.3, 0.4) is 0 Å². The number of pyridine rings is 1. The van der Waals surface area contributed by atoms with Crippen molar-refractivity contribution in [1.82, 2.24) is 14.5 Å². The van der Waals surface area contributed by atoms with E-state index in [1.54, 1.807) is 6.20 Å². The molecule has 0 saturated carbocycles. The minimum atomic E-state index is 0.536. The SMILES string of the molecule is Cc1cccc(-c2nc3cc(Cl)cnc3n2CCN)c1. The Balaban J connectivity index is 2.25. The molecule has 2 aromatic heterocycles. The van der Waals surface area contributed by atoms with E-state index in [4.69, 9.17) is 17.3 Å². The first-order valence-electron chi connectivity index (χ1n) is 6.48. The van der Waals surface area contributed by atoms with Gasteiger partial charge in [-0.15, -0.1) is 0 Å². The molecule has 4 nitrogen and oxygen atoms in total. The Morgan fingerprint density at radius 1 is 1.30 bits per heavy atom. The molecule has 102 valence electrons. The van der Waals surface area contributed by atoms with Gasteiger partial charge in [-0.3, -0.25) is 0 Å². The molecule has 0 fully saturated rings. The lowest BCUT2D eigenvalue weighted by Crippen LogP contribution is -2.11. The van der Waals surface area contributed by atoms with Crippen molar-refractivity contribution in [2.45, 2.75) is 13.5 Å². The molecule has 0 radical (unpaired) electrons. The van der Waals surface area contributed by atoms with E-state index in [1.807, 2.05) is 22.8 Å². The van der Waals surface area contributed by atoms with E-state index in [0.717, 1.165) is 22.6 Å². The molecule has 0 atom stereocenters. The molecule has 2 N–H and O–H groups in total. The van der Waals surface area contributed by atoms with Crippen LogP contribution in [0, 0.1) is 6.92 Å². The van der Waals surface area contributed by atoms with Crippen molar-refractivity contribution in [2.75, 3.05) is 6.54 Å². The molecule has 3 rings (SSSR count). The minimum Gasteiger partial charge on any atom is -0.329 e. The first kappa shape index (κ1) is 13.1. The molecular formula is C15H15ClN4. The normalized spacial score (nSPS) is 11.2. The van der Waals surface area contributed by atoms with E-state index in [2.05, 4.69) is 29.0 Å². The number of benzene rings is 1. The number of aromatic nitrogens is 3. The second-order valence-electron chi connectivity index (χ2n) is 4.74. The summed E-state index contributed by atoms with van der Waals surface area (Å²) >= 11 is 5.99. The second-order valence-corrected chi connectivity index (χ2v) is 5.18. The van der Waals surface area contributed by atoms with Crippen molar-refractivity contribution < 1.29 is 0 Å². The minimum absolute atomic E-state index is 0.536. The Morgan fingerprint density at radius 2 is 2.15 bits per heavy atom. The molecule has 2 heterocycles. The lowest BCUT2D eigenvalue weighted by Gasteiger charge is -2.07. The molecule has 0 saturated heterocycles. The van der Waals surface area contributed by atoms with Crippen LogP contribution in [-0.4, -0.2) is 21.1 Å². The van der Waals surface area contributed by atoms with Crippen LogP contribution in [0.25, 0.3) is 22.6 Å². The maximum Gasteiger partial charge on any atom is 0.160 e. The fourth-order valence-corrected chi connectivity index (χ4v) is 2.48.